The van der Waals surface area contributed by atoms with Gasteiger partial charge in [0.05, 0.1) is 5.02 Å². The van der Waals surface area contributed by atoms with Gasteiger partial charge in [-0.15, -0.1) is 0 Å². The number of para-hydroxylation sites is 1. The first kappa shape index (κ1) is 9.81. The Bertz CT molecular complexity index is 347. The zero-order valence-corrected chi connectivity index (χ0v) is 8.72. The minimum atomic E-state index is 0.0365. The highest BCUT2D eigenvalue weighted by atomic mass is 35.5. The molecular formula is C11H14ClNO. The summed E-state index contributed by atoms with van der Waals surface area (Å²) in [7, 11) is 0. The molecule has 0 unspecified atom stereocenters. The highest BCUT2D eigenvalue weighted by Crippen LogP contribution is 2.38. The molecule has 0 bridgehead atoms. The van der Waals surface area contributed by atoms with Gasteiger partial charge >= 0.3 is 0 Å². The van der Waals surface area contributed by atoms with E-state index >= 15 is 0 Å². The van der Waals surface area contributed by atoms with Crippen molar-refractivity contribution in [1.82, 2.24) is 0 Å². The van der Waals surface area contributed by atoms with Crippen LogP contribution in [0.2, 0.25) is 5.02 Å². The monoisotopic (exact) mass is 211 g/mol. The first-order chi connectivity index (χ1) is 6.61. The molecule has 3 heteroatoms. The number of halogens is 1. The van der Waals surface area contributed by atoms with Crippen LogP contribution >= 0.6 is 11.6 Å². The lowest BCUT2D eigenvalue weighted by Crippen LogP contribution is -2.22. The Kier molecular flexibility index (Phi) is 2.41. The smallest absolute Gasteiger partial charge is 0.137 e. The van der Waals surface area contributed by atoms with Crippen molar-refractivity contribution in [3.05, 3.63) is 28.8 Å². The van der Waals surface area contributed by atoms with E-state index in [9.17, 15) is 5.11 Å². The van der Waals surface area contributed by atoms with Crippen LogP contribution in [0.5, 0.6) is 5.75 Å². The van der Waals surface area contributed by atoms with E-state index in [2.05, 4.69) is 0 Å². The molecule has 0 spiro atoms. The number of aromatic hydroxyl groups is 1. The summed E-state index contributed by atoms with van der Waals surface area (Å²) in [5.41, 5.74) is 6.90. The van der Waals surface area contributed by atoms with E-state index in [-0.39, 0.29) is 11.3 Å². The lowest BCUT2D eigenvalue weighted by molar-refractivity contribution is 0.464. The Labute approximate surface area is 88.7 Å². The summed E-state index contributed by atoms with van der Waals surface area (Å²) in [6.45, 7) is 0. The minimum absolute atomic E-state index is 0.0365. The Morgan fingerprint density at radius 3 is 2.79 bits per heavy atom. The van der Waals surface area contributed by atoms with Gasteiger partial charge in [-0.2, -0.15) is 0 Å². The summed E-state index contributed by atoms with van der Waals surface area (Å²) < 4.78 is 0. The van der Waals surface area contributed by atoms with E-state index in [1.54, 1.807) is 6.07 Å². The zero-order valence-electron chi connectivity index (χ0n) is 7.96. The number of hydrogen-bond acceptors (Lipinski definition) is 2. The molecule has 2 nitrogen and oxygen atoms in total. The Hall–Kier alpha value is -0.730. The average Bonchev–Trinajstić information content (AvgIpc) is 2.88. The molecule has 1 saturated carbocycles. The number of benzene rings is 1. The fourth-order valence-corrected chi connectivity index (χ4v) is 1.75. The van der Waals surface area contributed by atoms with Crippen molar-refractivity contribution in [2.24, 2.45) is 5.73 Å². The second-order valence-electron chi connectivity index (χ2n) is 4.11. The van der Waals surface area contributed by atoms with Gasteiger partial charge < -0.3 is 10.8 Å². The molecule has 0 aromatic heterocycles. The Morgan fingerprint density at radius 2 is 2.14 bits per heavy atom. The second-order valence-corrected chi connectivity index (χ2v) is 4.52. The van der Waals surface area contributed by atoms with Crippen molar-refractivity contribution in [1.29, 1.82) is 0 Å². The fraction of sp³-hybridized carbons (Fsp3) is 0.455. The third-order valence-electron chi connectivity index (χ3n) is 2.85. The molecule has 1 fully saturated rings. The summed E-state index contributed by atoms with van der Waals surface area (Å²) >= 11 is 5.80. The summed E-state index contributed by atoms with van der Waals surface area (Å²) in [5.74, 6) is 0.207. The molecule has 1 aliphatic rings. The van der Waals surface area contributed by atoms with Gasteiger partial charge in [0.2, 0.25) is 0 Å². The standard InChI is InChI=1S/C11H14ClNO/c12-9-3-1-2-8(10(9)14)4-5-11(13)6-7-11/h1-3,14H,4-7,13H2. The molecule has 14 heavy (non-hydrogen) atoms. The van der Waals surface area contributed by atoms with Crippen LogP contribution in [0.15, 0.2) is 18.2 Å². The van der Waals surface area contributed by atoms with Crippen LogP contribution in [-0.4, -0.2) is 10.6 Å². The number of hydrogen-bond donors (Lipinski definition) is 2. The topological polar surface area (TPSA) is 46.2 Å². The predicted octanol–water partition coefficient (Wildman–Crippen LogP) is 2.47. The van der Waals surface area contributed by atoms with E-state index < -0.39 is 0 Å². The molecule has 0 saturated heterocycles. The number of nitrogens with two attached hydrogens (primary N) is 1. The van der Waals surface area contributed by atoms with Gasteiger partial charge in [0.15, 0.2) is 0 Å². The molecular weight excluding hydrogens is 198 g/mol. The maximum Gasteiger partial charge on any atom is 0.137 e. The third kappa shape index (κ3) is 2.02. The van der Waals surface area contributed by atoms with E-state index in [4.69, 9.17) is 17.3 Å². The van der Waals surface area contributed by atoms with E-state index in [0.717, 1.165) is 31.2 Å². The van der Waals surface area contributed by atoms with E-state index in [1.165, 1.54) is 0 Å². The number of phenolic OH excluding ortho intramolecular Hbond substituents is 1. The van der Waals surface area contributed by atoms with Crippen LogP contribution in [0.3, 0.4) is 0 Å². The zero-order chi connectivity index (χ0) is 10.2. The van der Waals surface area contributed by atoms with Crippen molar-refractivity contribution in [3.8, 4) is 5.75 Å². The van der Waals surface area contributed by atoms with Crippen LogP contribution in [0.4, 0.5) is 0 Å². The first-order valence-corrected chi connectivity index (χ1v) is 5.24. The second kappa shape index (κ2) is 3.44. The molecule has 0 aliphatic heterocycles. The highest BCUT2D eigenvalue weighted by Gasteiger charge is 2.37. The predicted molar refractivity (Wildman–Crippen MR) is 57.6 cm³/mol. The van der Waals surface area contributed by atoms with Crippen LogP contribution in [0.1, 0.15) is 24.8 Å². The largest absolute Gasteiger partial charge is 0.506 e. The number of rotatable bonds is 3. The van der Waals surface area contributed by atoms with Gasteiger partial charge in [-0.25, -0.2) is 0 Å². The van der Waals surface area contributed by atoms with Gasteiger partial charge in [0, 0.05) is 5.54 Å². The summed E-state index contributed by atoms with van der Waals surface area (Å²) in [6.07, 6.45) is 3.95. The third-order valence-corrected chi connectivity index (χ3v) is 3.16. The normalized spacial score (nSPS) is 18.1. The maximum atomic E-state index is 9.64. The van der Waals surface area contributed by atoms with Crippen molar-refractivity contribution >= 4 is 11.6 Å². The first-order valence-electron chi connectivity index (χ1n) is 4.86. The molecule has 0 heterocycles. The van der Waals surface area contributed by atoms with Crippen LogP contribution in [0.25, 0.3) is 0 Å². The van der Waals surface area contributed by atoms with E-state index in [1.807, 2.05) is 12.1 Å². The number of aryl methyl sites for hydroxylation is 1. The molecule has 0 atom stereocenters. The van der Waals surface area contributed by atoms with Crippen molar-refractivity contribution in [2.45, 2.75) is 31.2 Å². The Morgan fingerprint density at radius 1 is 1.43 bits per heavy atom. The quantitative estimate of drug-likeness (QED) is 0.807. The van der Waals surface area contributed by atoms with E-state index in [0.29, 0.717) is 5.02 Å². The van der Waals surface area contributed by atoms with Crippen molar-refractivity contribution < 1.29 is 5.11 Å². The fourth-order valence-electron chi connectivity index (χ4n) is 1.56. The van der Waals surface area contributed by atoms with Crippen molar-refractivity contribution in [2.75, 3.05) is 0 Å². The van der Waals surface area contributed by atoms with Crippen molar-refractivity contribution in [3.63, 3.8) is 0 Å². The van der Waals surface area contributed by atoms with Crippen LogP contribution < -0.4 is 5.73 Å². The molecule has 76 valence electrons. The molecule has 3 N–H and O–H groups in total. The lowest BCUT2D eigenvalue weighted by Gasteiger charge is -2.09. The Balaban J connectivity index is 2.05. The number of phenols is 1. The van der Waals surface area contributed by atoms with Crippen LogP contribution in [0, 0.1) is 0 Å². The lowest BCUT2D eigenvalue weighted by atomic mass is 10.0. The maximum absolute atomic E-state index is 9.64. The summed E-state index contributed by atoms with van der Waals surface area (Å²) in [5, 5.41) is 10.1. The van der Waals surface area contributed by atoms with Gasteiger partial charge in [0.1, 0.15) is 5.75 Å². The molecule has 0 radical (unpaired) electrons. The van der Waals surface area contributed by atoms with Gasteiger partial charge in [-0.1, -0.05) is 23.7 Å². The molecule has 1 aromatic carbocycles. The SMILES string of the molecule is NC1(CCc2cccc(Cl)c2O)CC1. The van der Waals surface area contributed by atoms with Gasteiger partial charge in [-0.3, -0.25) is 0 Å². The molecule has 1 aromatic rings. The van der Waals surface area contributed by atoms with Gasteiger partial charge in [-0.05, 0) is 37.3 Å². The van der Waals surface area contributed by atoms with Crippen LogP contribution in [-0.2, 0) is 6.42 Å². The average molecular weight is 212 g/mol. The summed E-state index contributed by atoms with van der Waals surface area (Å²) in [6, 6.07) is 5.44. The summed E-state index contributed by atoms with van der Waals surface area (Å²) in [4.78, 5) is 0. The minimum Gasteiger partial charge on any atom is -0.506 e. The highest BCUT2D eigenvalue weighted by molar-refractivity contribution is 6.32. The van der Waals surface area contributed by atoms with Gasteiger partial charge in [0.25, 0.3) is 0 Å². The molecule has 0 amide bonds. The molecule has 2 rings (SSSR count). The molecule has 1 aliphatic carbocycles.